The molecule has 0 radical (unpaired) electrons. The first kappa shape index (κ1) is 17.9. The van der Waals surface area contributed by atoms with Crippen LogP contribution in [0.4, 0.5) is 0 Å². The zero-order valence-corrected chi connectivity index (χ0v) is 15.4. The first-order valence-electron chi connectivity index (χ1n) is 9.29. The molecule has 0 saturated carbocycles. The number of H-pyrrole nitrogens is 1. The van der Waals surface area contributed by atoms with E-state index in [4.69, 9.17) is 9.84 Å². The number of aromatic nitrogens is 1. The van der Waals surface area contributed by atoms with Crippen molar-refractivity contribution in [2.24, 2.45) is 0 Å². The Morgan fingerprint density at radius 1 is 0.929 bits per heavy atom. The minimum Gasteiger partial charge on any atom is -0.489 e. The average Bonchev–Trinajstić information content (AvgIpc) is 3.10. The van der Waals surface area contributed by atoms with Crippen LogP contribution in [0.5, 0.6) is 5.75 Å². The van der Waals surface area contributed by atoms with E-state index in [1.165, 1.54) is 0 Å². The number of ether oxygens (including phenoxy) is 1. The minimum absolute atomic E-state index is 0.0873. The summed E-state index contributed by atoms with van der Waals surface area (Å²) in [5, 5.41) is 10.2. The Morgan fingerprint density at radius 3 is 2.54 bits per heavy atom. The maximum atomic E-state index is 11.1. The number of hydrogen-bond donors (Lipinski definition) is 2. The van der Waals surface area contributed by atoms with E-state index in [0.29, 0.717) is 13.0 Å². The summed E-state index contributed by atoms with van der Waals surface area (Å²) in [6, 6.07) is 26.1. The van der Waals surface area contributed by atoms with Crippen LogP contribution >= 0.6 is 0 Å². The quantitative estimate of drug-likeness (QED) is 0.455. The lowest BCUT2D eigenvalue weighted by atomic mass is 9.99. The maximum absolute atomic E-state index is 11.1. The van der Waals surface area contributed by atoms with Crippen LogP contribution < -0.4 is 4.74 Å². The SMILES string of the molecule is O=C(O)CCc1[nH]c2ccccc2c1-c1cccc(OCc2ccccc2)c1. The highest BCUT2D eigenvalue weighted by Gasteiger charge is 2.15. The predicted molar refractivity (Wildman–Crippen MR) is 110 cm³/mol. The molecule has 2 N–H and O–H groups in total. The molecule has 0 atom stereocenters. The molecular weight excluding hydrogens is 350 g/mol. The van der Waals surface area contributed by atoms with Crippen molar-refractivity contribution in [2.75, 3.05) is 0 Å². The zero-order chi connectivity index (χ0) is 19.3. The van der Waals surface area contributed by atoms with Gasteiger partial charge in [-0.1, -0.05) is 60.7 Å². The van der Waals surface area contributed by atoms with Crippen LogP contribution in [0.25, 0.3) is 22.0 Å². The molecule has 28 heavy (non-hydrogen) atoms. The molecule has 0 aliphatic carbocycles. The number of benzene rings is 3. The third-order valence-electron chi connectivity index (χ3n) is 4.74. The van der Waals surface area contributed by atoms with E-state index in [-0.39, 0.29) is 6.42 Å². The van der Waals surface area contributed by atoms with Crippen molar-refractivity contribution in [3.05, 3.63) is 90.1 Å². The van der Waals surface area contributed by atoms with Crippen LogP contribution in [-0.2, 0) is 17.8 Å². The topological polar surface area (TPSA) is 62.3 Å². The van der Waals surface area contributed by atoms with Gasteiger partial charge in [0.1, 0.15) is 12.4 Å². The van der Waals surface area contributed by atoms with Crippen LogP contribution in [0.1, 0.15) is 17.7 Å². The molecule has 4 heteroatoms. The minimum atomic E-state index is -0.801. The Labute approximate surface area is 163 Å². The van der Waals surface area contributed by atoms with Gasteiger partial charge >= 0.3 is 5.97 Å². The second-order valence-corrected chi connectivity index (χ2v) is 6.72. The number of nitrogens with one attached hydrogen (secondary N) is 1. The molecule has 0 unspecified atom stereocenters. The Morgan fingerprint density at radius 2 is 1.71 bits per heavy atom. The number of aryl methyl sites for hydroxylation is 1. The van der Waals surface area contributed by atoms with Crippen molar-refractivity contribution in [1.82, 2.24) is 4.98 Å². The van der Waals surface area contributed by atoms with E-state index in [9.17, 15) is 4.79 Å². The van der Waals surface area contributed by atoms with Gasteiger partial charge in [-0.2, -0.15) is 0 Å². The van der Waals surface area contributed by atoms with Gasteiger partial charge in [0.25, 0.3) is 0 Å². The fourth-order valence-electron chi connectivity index (χ4n) is 3.43. The van der Waals surface area contributed by atoms with Gasteiger partial charge < -0.3 is 14.8 Å². The molecule has 0 saturated heterocycles. The molecule has 0 fully saturated rings. The second-order valence-electron chi connectivity index (χ2n) is 6.72. The summed E-state index contributed by atoms with van der Waals surface area (Å²) < 4.78 is 5.98. The highest BCUT2D eigenvalue weighted by Crippen LogP contribution is 2.34. The van der Waals surface area contributed by atoms with Crippen LogP contribution in [-0.4, -0.2) is 16.1 Å². The molecule has 1 aromatic heterocycles. The fraction of sp³-hybridized carbons (Fsp3) is 0.125. The summed E-state index contributed by atoms with van der Waals surface area (Å²) in [5.41, 5.74) is 5.12. The van der Waals surface area contributed by atoms with E-state index in [1.807, 2.05) is 72.8 Å². The summed E-state index contributed by atoms with van der Waals surface area (Å²) in [4.78, 5) is 14.5. The van der Waals surface area contributed by atoms with Gasteiger partial charge in [0.05, 0.1) is 6.42 Å². The van der Waals surface area contributed by atoms with E-state index in [0.717, 1.165) is 39.0 Å². The summed E-state index contributed by atoms with van der Waals surface area (Å²) in [5.74, 6) is -0.0135. The Bertz CT molecular complexity index is 1100. The van der Waals surface area contributed by atoms with Crippen molar-refractivity contribution in [2.45, 2.75) is 19.4 Å². The summed E-state index contributed by atoms with van der Waals surface area (Å²) in [6.07, 6.45) is 0.540. The highest BCUT2D eigenvalue weighted by atomic mass is 16.5. The van der Waals surface area contributed by atoms with Gasteiger partial charge in [-0.25, -0.2) is 0 Å². The van der Waals surface area contributed by atoms with E-state index < -0.39 is 5.97 Å². The van der Waals surface area contributed by atoms with Gasteiger partial charge in [0.15, 0.2) is 0 Å². The maximum Gasteiger partial charge on any atom is 0.303 e. The monoisotopic (exact) mass is 371 g/mol. The molecule has 0 amide bonds. The van der Waals surface area contributed by atoms with Crippen molar-refractivity contribution in [1.29, 1.82) is 0 Å². The lowest BCUT2D eigenvalue weighted by Crippen LogP contribution is -1.99. The molecule has 4 rings (SSSR count). The molecule has 0 aliphatic heterocycles. The summed E-state index contributed by atoms with van der Waals surface area (Å²) in [7, 11) is 0. The number of carboxylic acid groups (broad SMARTS) is 1. The number of para-hydroxylation sites is 1. The number of carboxylic acids is 1. The highest BCUT2D eigenvalue weighted by molar-refractivity contribution is 5.97. The smallest absolute Gasteiger partial charge is 0.303 e. The van der Waals surface area contributed by atoms with Gasteiger partial charge in [-0.3, -0.25) is 4.79 Å². The lowest BCUT2D eigenvalue weighted by molar-refractivity contribution is -0.136. The second kappa shape index (κ2) is 8.01. The Hall–Kier alpha value is -3.53. The Kier molecular flexibility index (Phi) is 5.11. The Balaban J connectivity index is 1.67. The molecular formula is C24H21NO3. The summed E-state index contributed by atoms with van der Waals surface area (Å²) >= 11 is 0. The van der Waals surface area contributed by atoms with Crippen molar-refractivity contribution < 1.29 is 14.6 Å². The largest absolute Gasteiger partial charge is 0.489 e. The average molecular weight is 371 g/mol. The van der Waals surface area contributed by atoms with Crippen LogP contribution in [0, 0.1) is 0 Å². The molecule has 0 aliphatic rings. The van der Waals surface area contributed by atoms with Crippen molar-refractivity contribution >= 4 is 16.9 Å². The van der Waals surface area contributed by atoms with Crippen molar-refractivity contribution in [3.63, 3.8) is 0 Å². The van der Waals surface area contributed by atoms with E-state index in [2.05, 4.69) is 11.1 Å². The van der Waals surface area contributed by atoms with Crippen LogP contribution in [0.2, 0.25) is 0 Å². The fourth-order valence-corrected chi connectivity index (χ4v) is 3.43. The van der Waals surface area contributed by atoms with Gasteiger partial charge in [-0.15, -0.1) is 0 Å². The first-order chi connectivity index (χ1) is 13.7. The number of rotatable bonds is 7. The molecule has 0 bridgehead atoms. The first-order valence-corrected chi connectivity index (χ1v) is 9.29. The number of fused-ring (bicyclic) bond motifs is 1. The molecule has 3 aromatic carbocycles. The van der Waals surface area contributed by atoms with Gasteiger partial charge in [0, 0.05) is 22.2 Å². The lowest BCUT2D eigenvalue weighted by Gasteiger charge is -2.09. The number of carbonyl (C=O) groups is 1. The number of aliphatic carboxylic acids is 1. The summed E-state index contributed by atoms with van der Waals surface area (Å²) in [6.45, 7) is 0.504. The standard InChI is InChI=1S/C24H21NO3/c26-23(27)14-13-22-24(20-11-4-5-12-21(20)25-22)18-9-6-10-19(15-18)28-16-17-7-2-1-3-8-17/h1-12,15,25H,13-14,16H2,(H,26,27). The van der Waals surface area contributed by atoms with Gasteiger partial charge in [0.2, 0.25) is 0 Å². The third kappa shape index (κ3) is 3.91. The molecule has 0 spiro atoms. The third-order valence-corrected chi connectivity index (χ3v) is 4.74. The molecule has 4 aromatic rings. The van der Waals surface area contributed by atoms with E-state index >= 15 is 0 Å². The van der Waals surface area contributed by atoms with Gasteiger partial charge in [-0.05, 0) is 35.7 Å². The molecule has 1 heterocycles. The van der Waals surface area contributed by atoms with Crippen LogP contribution in [0.3, 0.4) is 0 Å². The molecule has 140 valence electrons. The normalized spacial score (nSPS) is 10.9. The van der Waals surface area contributed by atoms with Crippen LogP contribution in [0.15, 0.2) is 78.9 Å². The zero-order valence-electron chi connectivity index (χ0n) is 15.4. The number of hydrogen-bond acceptors (Lipinski definition) is 2. The van der Waals surface area contributed by atoms with E-state index in [1.54, 1.807) is 0 Å². The molecule has 4 nitrogen and oxygen atoms in total. The number of aromatic amines is 1. The predicted octanol–water partition coefficient (Wildman–Crippen LogP) is 5.43. The van der Waals surface area contributed by atoms with Crippen molar-refractivity contribution in [3.8, 4) is 16.9 Å².